The Balaban J connectivity index is 0.000000548. The fourth-order valence-electron chi connectivity index (χ4n) is 5.01. The van der Waals surface area contributed by atoms with Crippen LogP contribution >= 0.6 is 0 Å². The third kappa shape index (κ3) is 6.95. The Kier molecular flexibility index (Phi) is 9.21. The van der Waals surface area contributed by atoms with Gasteiger partial charge in [-0.3, -0.25) is 14.8 Å². The molecule has 1 fully saturated rings. The van der Waals surface area contributed by atoms with Gasteiger partial charge in [-0.05, 0) is 61.0 Å². The number of carbonyl (C=O) groups excluding carboxylic acids is 1. The first-order valence-electron chi connectivity index (χ1n) is 14.4. The lowest BCUT2D eigenvalue weighted by atomic mass is 9.99. The summed E-state index contributed by atoms with van der Waals surface area (Å²) in [7, 11) is 0. The largest absolute Gasteiger partial charge is 0.350 e. The predicted octanol–water partition coefficient (Wildman–Crippen LogP) is 5.55. The molecule has 5 aromatic rings. The van der Waals surface area contributed by atoms with Gasteiger partial charge >= 0.3 is 5.69 Å². The van der Waals surface area contributed by atoms with Gasteiger partial charge in [-0.2, -0.15) is 14.6 Å². The maximum absolute atomic E-state index is 13.1. The number of halogens is 1. The Morgan fingerprint density at radius 1 is 1.12 bits per heavy atom. The number of piperidine rings is 1. The van der Waals surface area contributed by atoms with Crippen molar-refractivity contribution < 1.29 is 9.18 Å². The fraction of sp³-hybridized carbons (Fsp3) is 0.281. The van der Waals surface area contributed by atoms with Crippen LogP contribution in [0.2, 0.25) is 0 Å². The highest BCUT2D eigenvalue weighted by molar-refractivity contribution is 6.04. The summed E-state index contributed by atoms with van der Waals surface area (Å²) in [5.41, 5.74) is 4.09. The number of pyridine rings is 1. The van der Waals surface area contributed by atoms with Crippen molar-refractivity contribution in [2.45, 2.75) is 45.6 Å². The van der Waals surface area contributed by atoms with E-state index in [1.807, 2.05) is 50.2 Å². The number of H-pyrrole nitrogens is 1. The van der Waals surface area contributed by atoms with Crippen molar-refractivity contribution in [3.05, 3.63) is 94.9 Å². The second-order valence-corrected chi connectivity index (χ2v) is 10.7. The van der Waals surface area contributed by atoms with Crippen LogP contribution in [0, 0.1) is 0 Å². The van der Waals surface area contributed by atoms with Crippen LogP contribution in [0.4, 0.5) is 16.0 Å². The molecule has 4 heterocycles. The van der Waals surface area contributed by atoms with Gasteiger partial charge in [-0.1, -0.05) is 57.2 Å². The Bertz CT molecular complexity index is 1810. The van der Waals surface area contributed by atoms with Crippen molar-refractivity contribution in [1.29, 1.82) is 0 Å². The lowest BCUT2D eigenvalue weighted by molar-refractivity contribution is -0.114. The van der Waals surface area contributed by atoms with E-state index in [0.29, 0.717) is 23.8 Å². The summed E-state index contributed by atoms with van der Waals surface area (Å²) in [4.78, 5) is 35.4. The minimum absolute atomic E-state index is 0.186. The molecule has 2 aromatic carbocycles. The Morgan fingerprint density at radius 2 is 1.91 bits per heavy atom. The standard InChI is InChI=1S/C27H24FN7O2.C5H11N/c1-15(2)22-14-31-35-24(22)33-27(37)34-26(35)30-13-18-6-4-5-7-20(18)23-21-9-8-19(32-25(36)16(3)28)12-17(21)10-11-29-23;1-2-4-6-5-3-1/h4-12,14-15H,3,13H2,1-2H3,(H,32,36)(H2,30,33,34,37);6H,1-5H2. The molecule has 4 N–H and O–H groups in total. The van der Waals surface area contributed by atoms with Crippen LogP contribution in [0.15, 0.2) is 78.1 Å². The molecule has 6 rings (SSSR count). The molecule has 1 amide bonds. The first-order valence-corrected chi connectivity index (χ1v) is 14.4. The smallest absolute Gasteiger partial charge is 0.349 e. The van der Waals surface area contributed by atoms with Crippen molar-refractivity contribution in [3.8, 4) is 11.3 Å². The third-order valence-electron chi connectivity index (χ3n) is 7.24. The highest BCUT2D eigenvalue weighted by Gasteiger charge is 2.15. The summed E-state index contributed by atoms with van der Waals surface area (Å²) in [5, 5.41) is 15.1. The monoisotopic (exact) mass is 582 g/mol. The number of aromatic nitrogens is 5. The number of nitrogens with one attached hydrogen (secondary N) is 4. The molecule has 43 heavy (non-hydrogen) atoms. The van der Waals surface area contributed by atoms with Crippen molar-refractivity contribution in [2.24, 2.45) is 0 Å². The van der Waals surface area contributed by atoms with E-state index < -0.39 is 17.4 Å². The number of carbonyl (C=O) groups is 1. The number of fused-ring (bicyclic) bond motifs is 2. The zero-order valence-electron chi connectivity index (χ0n) is 24.3. The molecule has 1 aliphatic rings. The van der Waals surface area contributed by atoms with E-state index in [0.717, 1.165) is 33.2 Å². The second-order valence-electron chi connectivity index (χ2n) is 10.7. The second kappa shape index (κ2) is 13.4. The molecule has 0 bridgehead atoms. The van der Waals surface area contributed by atoms with Crippen molar-refractivity contribution in [2.75, 3.05) is 23.7 Å². The molecule has 3 aromatic heterocycles. The average Bonchev–Trinajstić information content (AvgIpc) is 3.45. The molecule has 0 saturated carbocycles. The van der Waals surface area contributed by atoms with Gasteiger partial charge in [0, 0.05) is 34.9 Å². The first-order chi connectivity index (χ1) is 20.8. The molecule has 0 unspecified atom stereocenters. The summed E-state index contributed by atoms with van der Waals surface area (Å²) in [5.74, 6) is -1.42. The van der Waals surface area contributed by atoms with E-state index in [9.17, 15) is 14.0 Å². The van der Waals surface area contributed by atoms with E-state index in [4.69, 9.17) is 0 Å². The summed E-state index contributed by atoms with van der Waals surface area (Å²) >= 11 is 0. The predicted molar refractivity (Wildman–Crippen MR) is 168 cm³/mol. The topological polar surface area (TPSA) is 129 Å². The lowest BCUT2D eigenvalue weighted by Gasteiger charge is -2.14. The Hall–Kier alpha value is -4.90. The Morgan fingerprint density at radius 3 is 2.60 bits per heavy atom. The van der Waals surface area contributed by atoms with Gasteiger partial charge in [-0.15, -0.1) is 0 Å². The number of hydrogen-bond donors (Lipinski definition) is 4. The quantitative estimate of drug-likeness (QED) is 0.185. The SMILES string of the molecule is C1CCNCC1.C=C(F)C(=O)Nc1ccc2c(-c3ccccc3CNc3nc(=O)[nH]c4c(C(C)C)cnn34)nccc2c1. The molecule has 0 aliphatic carbocycles. The highest BCUT2D eigenvalue weighted by Crippen LogP contribution is 2.31. The van der Waals surface area contributed by atoms with Gasteiger partial charge in [0.25, 0.3) is 5.91 Å². The fourth-order valence-corrected chi connectivity index (χ4v) is 5.01. The van der Waals surface area contributed by atoms with E-state index in [-0.39, 0.29) is 5.92 Å². The van der Waals surface area contributed by atoms with Crippen LogP contribution in [-0.4, -0.2) is 43.6 Å². The molecular formula is C32H35FN8O2. The molecule has 0 spiro atoms. The van der Waals surface area contributed by atoms with Crippen LogP contribution in [0.1, 0.15) is 50.2 Å². The molecule has 222 valence electrons. The lowest BCUT2D eigenvalue weighted by Crippen LogP contribution is -2.21. The summed E-state index contributed by atoms with van der Waals surface area (Å²) < 4.78 is 14.7. The normalized spacial score (nSPS) is 13.0. The van der Waals surface area contributed by atoms with E-state index in [2.05, 4.69) is 42.6 Å². The number of amides is 1. The van der Waals surface area contributed by atoms with Gasteiger partial charge in [0.15, 0.2) is 5.83 Å². The van der Waals surface area contributed by atoms with Gasteiger partial charge < -0.3 is 16.0 Å². The average molecular weight is 583 g/mol. The van der Waals surface area contributed by atoms with E-state index in [1.165, 1.54) is 32.4 Å². The molecule has 0 atom stereocenters. The maximum Gasteiger partial charge on any atom is 0.349 e. The number of aromatic amines is 1. The molecule has 0 radical (unpaired) electrons. The van der Waals surface area contributed by atoms with Crippen LogP contribution in [0.3, 0.4) is 0 Å². The van der Waals surface area contributed by atoms with E-state index in [1.54, 1.807) is 29.0 Å². The van der Waals surface area contributed by atoms with Crippen LogP contribution in [0.5, 0.6) is 0 Å². The molecule has 1 saturated heterocycles. The number of hydrogen-bond acceptors (Lipinski definition) is 7. The number of rotatable bonds is 7. The van der Waals surface area contributed by atoms with Crippen LogP contribution in [-0.2, 0) is 11.3 Å². The number of anilines is 2. The van der Waals surface area contributed by atoms with Gasteiger partial charge in [0.1, 0.15) is 5.65 Å². The van der Waals surface area contributed by atoms with Crippen LogP contribution < -0.4 is 21.6 Å². The van der Waals surface area contributed by atoms with Gasteiger partial charge in [-0.25, -0.2) is 9.18 Å². The zero-order valence-corrected chi connectivity index (χ0v) is 24.3. The number of nitrogens with zero attached hydrogens (tertiary/aromatic N) is 4. The third-order valence-corrected chi connectivity index (χ3v) is 7.24. The van der Waals surface area contributed by atoms with E-state index >= 15 is 0 Å². The number of benzene rings is 2. The highest BCUT2D eigenvalue weighted by atomic mass is 19.1. The maximum atomic E-state index is 13.1. The minimum Gasteiger partial charge on any atom is -0.350 e. The van der Waals surface area contributed by atoms with Gasteiger partial charge in [0.2, 0.25) is 5.95 Å². The Labute approximate surface area is 248 Å². The molecule has 1 aliphatic heterocycles. The summed E-state index contributed by atoms with van der Waals surface area (Å²) in [6.45, 7) is 9.95. The van der Waals surface area contributed by atoms with Crippen molar-refractivity contribution in [1.82, 2.24) is 29.9 Å². The molecule has 10 nitrogen and oxygen atoms in total. The van der Waals surface area contributed by atoms with Gasteiger partial charge in [0.05, 0.1) is 11.9 Å². The summed E-state index contributed by atoms with van der Waals surface area (Å²) in [6.07, 6.45) is 7.63. The van der Waals surface area contributed by atoms with Crippen molar-refractivity contribution >= 4 is 34.0 Å². The summed E-state index contributed by atoms with van der Waals surface area (Å²) in [6, 6.07) is 14.9. The molecular weight excluding hydrogens is 547 g/mol. The first kappa shape index (κ1) is 29.6. The zero-order chi connectivity index (χ0) is 30.3. The van der Waals surface area contributed by atoms with Crippen LogP contribution in [0.25, 0.3) is 27.7 Å². The molecule has 11 heteroatoms. The minimum atomic E-state index is -1.06. The van der Waals surface area contributed by atoms with Crippen molar-refractivity contribution in [3.63, 3.8) is 0 Å².